The van der Waals surface area contributed by atoms with Crippen molar-refractivity contribution in [3.8, 4) is 0 Å². The number of rotatable bonds is 2. The van der Waals surface area contributed by atoms with E-state index in [2.05, 4.69) is 41.5 Å². The van der Waals surface area contributed by atoms with Crippen molar-refractivity contribution in [3.05, 3.63) is 42.2 Å². The highest BCUT2D eigenvalue weighted by Crippen LogP contribution is 2.64. The predicted octanol–water partition coefficient (Wildman–Crippen LogP) is 5.38. The quantitative estimate of drug-likeness (QED) is 0.544. The van der Waals surface area contributed by atoms with Crippen LogP contribution in [-0.4, -0.2) is 16.6 Å². The van der Waals surface area contributed by atoms with Crippen LogP contribution in [0.3, 0.4) is 0 Å². The molecule has 1 N–H and O–H groups in total. The number of aromatic nitrogens is 1. The zero-order valence-corrected chi connectivity index (χ0v) is 17.7. The minimum absolute atomic E-state index is 0.136. The van der Waals surface area contributed by atoms with Crippen LogP contribution in [0.5, 0.6) is 0 Å². The molecule has 1 aromatic heterocycles. The Morgan fingerprint density at radius 3 is 2.76 bits per heavy atom. The number of carbonyl (C=O) groups is 1. The minimum Gasteiger partial charge on any atom is -0.267 e. The van der Waals surface area contributed by atoms with E-state index >= 15 is 0 Å². The molecule has 5 rings (SSSR count). The van der Waals surface area contributed by atoms with Crippen molar-refractivity contribution in [2.24, 2.45) is 39.6 Å². The number of hydrogen-bond acceptors (Lipinski definition) is 3. The number of hydrogen-bond donors (Lipinski definition) is 1. The summed E-state index contributed by atoms with van der Waals surface area (Å²) in [5, 5.41) is 4.68. The van der Waals surface area contributed by atoms with Gasteiger partial charge >= 0.3 is 0 Å². The van der Waals surface area contributed by atoms with E-state index in [4.69, 9.17) is 0 Å². The van der Waals surface area contributed by atoms with Crippen molar-refractivity contribution in [3.63, 3.8) is 0 Å². The lowest BCUT2D eigenvalue weighted by atomic mass is 9.46. The van der Waals surface area contributed by atoms with Gasteiger partial charge in [0, 0.05) is 29.1 Å². The Labute approximate surface area is 174 Å². The summed E-state index contributed by atoms with van der Waals surface area (Å²) >= 11 is 0. The van der Waals surface area contributed by atoms with Crippen molar-refractivity contribution in [2.75, 3.05) is 0 Å². The lowest BCUT2D eigenvalue weighted by Gasteiger charge is -2.59. The first-order valence-corrected chi connectivity index (χ1v) is 11.4. The molecule has 29 heavy (non-hydrogen) atoms. The lowest BCUT2D eigenvalue weighted by molar-refractivity contribution is -0.0761. The highest BCUT2D eigenvalue weighted by atomic mass is 16.2. The van der Waals surface area contributed by atoms with Crippen LogP contribution >= 0.6 is 0 Å². The summed E-state index contributed by atoms with van der Waals surface area (Å²) in [5.74, 6) is 3.15. The molecule has 0 aliphatic heterocycles. The number of allylic oxidation sites excluding steroid dienone is 2. The number of hydrazone groups is 1. The first kappa shape index (κ1) is 19.0. The molecule has 0 saturated heterocycles. The third kappa shape index (κ3) is 2.98. The summed E-state index contributed by atoms with van der Waals surface area (Å²) in [6, 6.07) is 3.47. The van der Waals surface area contributed by atoms with Crippen LogP contribution in [0.25, 0.3) is 0 Å². The maximum absolute atomic E-state index is 12.4. The largest absolute Gasteiger partial charge is 0.271 e. The van der Waals surface area contributed by atoms with Gasteiger partial charge in [-0.2, -0.15) is 5.10 Å². The van der Waals surface area contributed by atoms with Crippen molar-refractivity contribution in [1.82, 2.24) is 10.4 Å². The maximum Gasteiger partial charge on any atom is 0.271 e. The summed E-state index contributed by atoms with van der Waals surface area (Å²) < 4.78 is 0. The number of pyridine rings is 1. The molecule has 4 heteroatoms. The molecule has 4 aliphatic rings. The Balaban J connectivity index is 1.35. The fraction of sp³-hybridized carbons (Fsp3) is 0.640. The van der Waals surface area contributed by atoms with Crippen LogP contribution in [0.4, 0.5) is 0 Å². The van der Waals surface area contributed by atoms with Crippen LogP contribution in [0.1, 0.15) is 75.6 Å². The molecule has 1 amide bonds. The van der Waals surface area contributed by atoms with Gasteiger partial charge in [0.15, 0.2) is 0 Å². The zero-order chi connectivity index (χ0) is 20.1. The van der Waals surface area contributed by atoms with Gasteiger partial charge in [-0.15, -0.1) is 0 Å². The monoisotopic (exact) mass is 391 g/mol. The third-order valence-corrected chi connectivity index (χ3v) is 9.19. The van der Waals surface area contributed by atoms with Gasteiger partial charge in [0.2, 0.25) is 0 Å². The maximum atomic E-state index is 12.4. The topological polar surface area (TPSA) is 54.4 Å². The summed E-state index contributed by atoms with van der Waals surface area (Å²) in [7, 11) is 0. The van der Waals surface area contributed by atoms with E-state index in [0.29, 0.717) is 11.0 Å². The van der Waals surface area contributed by atoms with Crippen LogP contribution in [-0.2, 0) is 0 Å². The molecule has 1 heterocycles. The van der Waals surface area contributed by atoms with E-state index in [-0.39, 0.29) is 11.3 Å². The normalized spacial score (nSPS) is 42.1. The molecule has 0 bridgehead atoms. The molecule has 1 aromatic rings. The van der Waals surface area contributed by atoms with Crippen molar-refractivity contribution >= 4 is 11.6 Å². The SMILES string of the molecule is C[C@]12CC=CC[C@H]1CC[C@H]1[C@H]2CC[C@]2(C)C(=NNC(=O)c3ccncc3)CC[C@@H]12. The van der Waals surface area contributed by atoms with Gasteiger partial charge in [-0.3, -0.25) is 9.78 Å². The highest BCUT2D eigenvalue weighted by Gasteiger charge is 2.58. The first-order chi connectivity index (χ1) is 14.0. The van der Waals surface area contributed by atoms with Crippen molar-refractivity contribution in [2.45, 2.75) is 65.2 Å². The molecule has 0 unspecified atom stereocenters. The van der Waals surface area contributed by atoms with Gasteiger partial charge in [0.05, 0.1) is 0 Å². The Morgan fingerprint density at radius 1 is 1.10 bits per heavy atom. The van der Waals surface area contributed by atoms with Gasteiger partial charge in [0.1, 0.15) is 0 Å². The molecule has 4 nitrogen and oxygen atoms in total. The molecule has 0 spiro atoms. The van der Waals surface area contributed by atoms with Crippen molar-refractivity contribution < 1.29 is 4.79 Å². The van der Waals surface area contributed by atoms with Gasteiger partial charge in [-0.05, 0) is 92.6 Å². The molecule has 3 fully saturated rings. The molecule has 4 aliphatic carbocycles. The Bertz CT molecular complexity index is 847. The Hall–Kier alpha value is -1.97. The smallest absolute Gasteiger partial charge is 0.267 e. The molecular formula is C25H33N3O. The van der Waals surface area contributed by atoms with Crippen LogP contribution in [0.15, 0.2) is 41.8 Å². The van der Waals surface area contributed by atoms with E-state index in [0.717, 1.165) is 30.1 Å². The summed E-state index contributed by atoms with van der Waals surface area (Å²) in [6.45, 7) is 5.01. The van der Waals surface area contributed by atoms with E-state index in [1.165, 1.54) is 50.7 Å². The number of fused-ring (bicyclic) bond motifs is 5. The van der Waals surface area contributed by atoms with E-state index in [9.17, 15) is 4.79 Å². The van der Waals surface area contributed by atoms with Crippen LogP contribution < -0.4 is 5.43 Å². The van der Waals surface area contributed by atoms with E-state index < -0.39 is 0 Å². The fourth-order valence-electron chi connectivity index (χ4n) is 7.50. The highest BCUT2D eigenvalue weighted by molar-refractivity contribution is 5.97. The average molecular weight is 392 g/mol. The third-order valence-electron chi connectivity index (χ3n) is 9.19. The summed E-state index contributed by atoms with van der Waals surface area (Å²) in [6.07, 6.45) is 18.3. The van der Waals surface area contributed by atoms with Crippen molar-refractivity contribution in [1.29, 1.82) is 0 Å². The second kappa shape index (κ2) is 7.07. The molecule has 6 atom stereocenters. The standard InChI is InChI=1S/C25H33N3O/c1-24-13-4-3-5-18(24)6-7-19-20-8-9-22(25(20,2)14-10-21(19)24)27-28-23(29)17-11-15-26-16-12-17/h3-4,11-12,15-16,18-21H,5-10,13-14H2,1-2H3,(H,28,29)/t18-,19+,20-,21+,24-,25-/m0/s1. The second-order valence-electron chi connectivity index (χ2n) is 10.3. The number of nitrogens with one attached hydrogen (secondary N) is 1. The van der Waals surface area contributed by atoms with E-state index in [1.807, 2.05) is 0 Å². The number of nitrogens with zero attached hydrogens (tertiary/aromatic N) is 2. The van der Waals surface area contributed by atoms with Gasteiger partial charge in [-0.25, -0.2) is 5.43 Å². The summed E-state index contributed by atoms with van der Waals surface area (Å²) in [4.78, 5) is 16.4. The summed E-state index contributed by atoms with van der Waals surface area (Å²) in [5.41, 5.74) is 5.32. The first-order valence-electron chi connectivity index (χ1n) is 11.4. The average Bonchev–Trinajstić information content (AvgIpc) is 3.08. The van der Waals surface area contributed by atoms with Gasteiger partial charge in [-0.1, -0.05) is 26.0 Å². The lowest BCUT2D eigenvalue weighted by Crippen LogP contribution is -2.52. The Morgan fingerprint density at radius 2 is 1.93 bits per heavy atom. The second-order valence-corrected chi connectivity index (χ2v) is 10.3. The predicted molar refractivity (Wildman–Crippen MR) is 115 cm³/mol. The minimum atomic E-state index is -0.136. The molecule has 0 radical (unpaired) electrons. The van der Waals surface area contributed by atoms with Gasteiger partial charge < -0.3 is 0 Å². The number of amides is 1. The molecule has 154 valence electrons. The molecule has 3 saturated carbocycles. The fourth-order valence-corrected chi connectivity index (χ4v) is 7.50. The van der Waals surface area contributed by atoms with E-state index in [1.54, 1.807) is 24.5 Å². The van der Waals surface area contributed by atoms with Crippen LogP contribution in [0, 0.1) is 34.5 Å². The van der Waals surface area contributed by atoms with Gasteiger partial charge in [0.25, 0.3) is 5.91 Å². The molecular weight excluding hydrogens is 358 g/mol. The molecule has 0 aromatic carbocycles. The van der Waals surface area contributed by atoms with Crippen LogP contribution in [0.2, 0.25) is 0 Å². The Kier molecular flexibility index (Phi) is 4.64. The zero-order valence-electron chi connectivity index (χ0n) is 17.7. The number of carbonyl (C=O) groups excluding carboxylic acids is 1.